The first-order chi connectivity index (χ1) is 18.4. The number of benzene rings is 3. The lowest BCUT2D eigenvalue weighted by atomic mass is 10.2. The number of ether oxygens (including phenoxy) is 3. The minimum absolute atomic E-state index is 0.232. The van der Waals surface area contributed by atoms with Crippen molar-refractivity contribution in [2.24, 2.45) is 5.10 Å². The summed E-state index contributed by atoms with van der Waals surface area (Å²) >= 11 is 6.13. The van der Waals surface area contributed by atoms with Crippen LogP contribution in [0.1, 0.15) is 12.5 Å². The minimum Gasteiger partial charge on any atom is -0.493 e. The second-order valence-corrected chi connectivity index (χ2v) is 8.74. The number of fused-ring (bicyclic) bond motifs is 2. The maximum Gasteiger partial charge on any atom is 0.346 e. The highest BCUT2D eigenvalue weighted by Gasteiger charge is 2.18. The Bertz CT molecular complexity index is 1760. The third kappa shape index (κ3) is 4.83. The summed E-state index contributed by atoms with van der Waals surface area (Å²) in [5.41, 5.74) is 1.37. The quantitative estimate of drug-likeness (QED) is 0.207. The van der Waals surface area contributed by atoms with Gasteiger partial charge in [0, 0.05) is 10.4 Å². The van der Waals surface area contributed by atoms with Gasteiger partial charge >= 0.3 is 5.97 Å². The zero-order valence-corrected chi connectivity index (χ0v) is 21.4. The molecular formula is C28H22ClN3O6. The van der Waals surface area contributed by atoms with Crippen LogP contribution in [0.5, 0.6) is 11.5 Å². The van der Waals surface area contributed by atoms with Gasteiger partial charge in [0.05, 0.1) is 31.3 Å². The second kappa shape index (κ2) is 10.4. The van der Waals surface area contributed by atoms with Crippen LogP contribution in [0.4, 0.5) is 0 Å². The molecule has 192 valence electrons. The number of carbonyl (C=O) groups excluding carboxylic acids is 1. The molecule has 5 rings (SSSR count). The van der Waals surface area contributed by atoms with Crippen LogP contribution in [0.25, 0.3) is 33.5 Å². The summed E-state index contributed by atoms with van der Waals surface area (Å²) in [6, 6.07) is 19.1. The molecule has 0 bridgehead atoms. The SMILES string of the molecule is COC(=O)[C@H](C)Oc1ccc(C=Nn2c(-c3cc4cc(Cl)ccc4o3)nc3ccccc3c2=O)cc1OC. The second-order valence-electron chi connectivity index (χ2n) is 8.30. The molecule has 0 saturated carbocycles. The summed E-state index contributed by atoms with van der Waals surface area (Å²) in [6.07, 6.45) is 0.675. The average Bonchev–Trinajstić information content (AvgIpc) is 3.35. The van der Waals surface area contributed by atoms with E-state index in [0.29, 0.717) is 44.3 Å². The molecule has 1 atom stereocenters. The molecule has 0 saturated heterocycles. The van der Waals surface area contributed by atoms with Crippen LogP contribution in [-0.2, 0) is 9.53 Å². The molecule has 0 fully saturated rings. The Balaban J connectivity index is 1.58. The van der Waals surface area contributed by atoms with Crippen LogP contribution in [0, 0.1) is 0 Å². The van der Waals surface area contributed by atoms with Gasteiger partial charge in [0.15, 0.2) is 23.4 Å². The monoisotopic (exact) mass is 531 g/mol. The Labute approximate surface area is 221 Å². The van der Waals surface area contributed by atoms with Crippen molar-refractivity contribution in [3.8, 4) is 23.1 Å². The van der Waals surface area contributed by atoms with Crippen LogP contribution < -0.4 is 15.0 Å². The van der Waals surface area contributed by atoms with Gasteiger partial charge in [0.2, 0.25) is 5.82 Å². The van der Waals surface area contributed by atoms with E-state index in [9.17, 15) is 9.59 Å². The highest BCUT2D eigenvalue weighted by Crippen LogP contribution is 2.30. The number of hydrogen-bond donors (Lipinski definition) is 0. The Morgan fingerprint density at radius 1 is 1.08 bits per heavy atom. The number of hydrogen-bond acceptors (Lipinski definition) is 8. The minimum atomic E-state index is -0.822. The first-order valence-corrected chi connectivity index (χ1v) is 11.9. The fourth-order valence-electron chi connectivity index (χ4n) is 3.91. The highest BCUT2D eigenvalue weighted by atomic mass is 35.5. The standard InChI is InChI=1S/C28H22ClN3O6/c1-16(28(34)36-3)37-23-10-8-17(12-24(23)35-2)15-30-32-26(31-21-7-5-4-6-20(21)27(32)33)25-14-18-13-19(29)9-11-22(18)38-25/h4-16H,1-3H3/t16-/m0/s1. The summed E-state index contributed by atoms with van der Waals surface area (Å²) in [5, 5.41) is 6.20. The van der Waals surface area contributed by atoms with Crippen molar-refractivity contribution in [2.75, 3.05) is 14.2 Å². The van der Waals surface area contributed by atoms with Gasteiger partial charge in [-0.05, 0) is 67.1 Å². The Hall–Kier alpha value is -4.63. The topological polar surface area (TPSA) is 105 Å². The molecule has 0 N–H and O–H groups in total. The summed E-state index contributed by atoms with van der Waals surface area (Å²) in [6.45, 7) is 1.58. The molecule has 38 heavy (non-hydrogen) atoms. The van der Waals surface area contributed by atoms with Gasteiger partial charge in [-0.1, -0.05) is 23.7 Å². The van der Waals surface area contributed by atoms with Gasteiger partial charge in [-0.3, -0.25) is 4.79 Å². The van der Waals surface area contributed by atoms with Crippen LogP contribution in [0.3, 0.4) is 0 Å². The van der Waals surface area contributed by atoms with Crippen molar-refractivity contribution in [3.63, 3.8) is 0 Å². The number of methoxy groups -OCH3 is 2. The summed E-state index contributed by atoms with van der Waals surface area (Å²) < 4.78 is 23.0. The van der Waals surface area contributed by atoms with E-state index in [1.54, 1.807) is 67.6 Å². The molecular weight excluding hydrogens is 510 g/mol. The fourth-order valence-corrected chi connectivity index (χ4v) is 4.09. The molecule has 0 unspecified atom stereocenters. The first kappa shape index (κ1) is 25.0. The van der Waals surface area contributed by atoms with Crippen LogP contribution >= 0.6 is 11.6 Å². The predicted octanol–water partition coefficient (Wildman–Crippen LogP) is 5.29. The van der Waals surface area contributed by atoms with Gasteiger partial charge in [0.25, 0.3) is 5.56 Å². The number of para-hydroxylation sites is 1. The lowest BCUT2D eigenvalue weighted by Crippen LogP contribution is -2.25. The van der Waals surface area contributed by atoms with E-state index in [2.05, 4.69) is 10.1 Å². The van der Waals surface area contributed by atoms with Crippen molar-refractivity contribution in [2.45, 2.75) is 13.0 Å². The average molecular weight is 532 g/mol. The number of furan rings is 1. The number of aromatic nitrogens is 2. The molecule has 0 aliphatic carbocycles. The highest BCUT2D eigenvalue weighted by molar-refractivity contribution is 6.31. The van der Waals surface area contributed by atoms with E-state index in [1.807, 2.05) is 6.07 Å². The van der Waals surface area contributed by atoms with Crippen LogP contribution in [0.15, 0.2) is 81.0 Å². The maximum absolute atomic E-state index is 13.5. The third-order valence-corrected chi connectivity index (χ3v) is 6.03. The van der Waals surface area contributed by atoms with E-state index in [-0.39, 0.29) is 11.4 Å². The number of halogens is 1. The molecule has 2 aromatic heterocycles. The zero-order chi connectivity index (χ0) is 26.8. The largest absolute Gasteiger partial charge is 0.493 e. The van der Waals surface area contributed by atoms with Gasteiger partial charge < -0.3 is 18.6 Å². The number of nitrogens with zero attached hydrogens (tertiary/aromatic N) is 3. The van der Waals surface area contributed by atoms with Crippen LogP contribution in [-0.4, -0.2) is 42.2 Å². The van der Waals surface area contributed by atoms with E-state index >= 15 is 0 Å². The van der Waals surface area contributed by atoms with Gasteiger partial charge in [-0.15, -0.1) is 0 Å². The van der Waals surface area contributed by atoms with E-state index in [0.717, 1.165) is 5.39 Å². The first-order valence-electron chi connectivity index (χ1n) is 11.6. The number of esters is 1. The van der Waals surface area contributed by atoms with Crippen molar-refractivity contribution in [1.29, 1.82) is 0 Å². The molecule has 0 amide bonds. The van der Waals surface area contributed by atoms with Gasteiger partial charge in [-0.2, -0.15) is 9.78 Å². The number of rotatable bonds is 7. The molecule has 0 spiro atoms. The van der Waals surface area contributed by atoms with E-state index in [1.165, 1.54) is 25.1 Å². The molecule has 3 aromatic carbocycles. The smallest absolute Gasteiger partial charge is 0.346 e. The van der Waals surface area contributed by atoms with Gasteiger partial charge in [-0.25, -0.2) is 9.78 Å². The van der Waals surface area contributed by atoms with Gasteiger partial charge in [0.1, 0.15) is 5.58 Å². The van der Waals surface area contributed by atoms with Crippen molar-refractivity contribution in [3.05, 3.63) is 87.7 Å². The lowest BCUT2D eigenvalue weighted by molar-refractivity contribution is -0.147. The molecule has 9 nitrogen and oxygen atoms in total. The molecule has 0 aliphatic heterocycles. The van der Waals surface area contributed by atoms with Crippen molar-refractivity contribution < 1.29 is 23.4 Å². The summed E-state index contributed by atoms with van der Waals surface area (Å²) in [5.74, 6) is 0.814. The predicted molar refractivity (Wildman–Crippen MR) is 144 cm³/mol. The fraction of sp³-hybridized carbons (Fsp3) is 0.143. The molecule has 10 heteroatoms. The van der Waals surface area contributed by atoms with Crippen LogP contribution in [0.2, 0.25) is 5.02 Å². The maximum atomic E-state index is 13.5. The Morgan fingerprint density at radius 2 is 1.89 bits per heavy atom. The molecule has 5 aromatic rings. The normalized spacial score (nSPS) is 12.2. The molecule has 2 heterocycles. The Morgan fingerprint density at radius 3 is 2.68 bits per heavy atom. The Kier molecular flexibility index (Phi) is 6.85. The summed E-state index contributed by atoms with van der Waals surface area (Å²) in [4.78, 5) is 29.9. The number of carbonyl (C=O) groups is 1. The molecule has 0 aliphatic rings. The van der Waals surface area contributed by atoms with E-state index in [4.69, 9.17) is 30.2 Å². The van der Waals surface area contributed by atoms with E-state index < -0.39 is 12.1 Å². The zero-order valence-electron chi connectivity index (χ0n) is 20.7. The van der Waals surface area contributed by atoms with Crippen molar-refractivity contribution >= 4 is 45.7 Å². The molecule has 0 radical (unpaired) electrons. The third-order valence-electron chi connectivity index (χ3n) is 5.80. The summed E-state index contributed by atoms with van der Waals surface area (Å²) in [7, 11) is 2.77. The van der Waals surface area contributed by atoms with Crippen molar-refractivity contribution in [1.82, 2.24) is 9.66 Å². The lowest BCUT2D eigenvalue weighted by Gasteiger charge is -2.15.